The predicted octanol–water partition coefficient (Wildman–Crippen LogP) is 2.79. The molecule has 0 aromatic heterocycles. The third kappa shape index (κ3) is 7.57. The minimum absolute atomic E-state index is 0.108. The van der Waals surface area contributed by atoms with Gasteiger partial charge < -0.3 is 4.74 Å². The van der Waals surface area contributed by atoms with E-state index in [1.807, 2.05) is 13.8 Å². The highest BCUT2D eigenvalue weighted by Crippen LogP contribution is 2.07. The lowest BCUT2D eigenvalue weighted by atomic mass is 10.1. The second-order valence-electron chi connectivity index (χ2n) is 3.62. The Balaban J connectivity index is 3.73. The average Bonchev–Trinajstić information content (AvgIpc) is 2.01. The van der Waals surface area contributed by atoms with Crippen LogP contribution in [0.5, 0.6) is 0 Å². The van der Waals surface area contributed by atoms with Gasteiger partial charge in [-0.3, -0.25) is 4.79 Å². The van der Waals surface area contributed by atoms with Crippen molar-refractivity contribution in [2.75, 3.05) is 6.61 Å². The number of hydrogen-bond acceptors (Lipinski definition) is 2. The number of esters is 1. The van der Waals surface area contributed by atoms with Gasteiger partial charge in [0.15, 0.2) is 0 Å². The molecule has 0 amide bonds. The van der Waals surface area contributed by atoms with E-state index in [9.17, 15) is 4.79 Å². The first-order valence-electron chi connectivity index (χ1n) is 4.90. The third-order valence-corrected chi connectivity index (χ3v) is 1.62. The van der Waals surface area contributed by atoms with Crippen molar-refractivity contribution in [3.63, 3.8) is 0 Å². The quantitative estimate of drug-likeness (QED) is 0.485. The molecule has 13 heavy (non-hydrogen) atoms. The molecule has 0 rings (SSSR count). The lowest BCUT2D eigenvalue weighted by molar-refractivity contribution is -0.143. The van der Waals surface area contributed by atoms with E-state index in [4.69, 9.17) is 4.74 Å². The summed E-state index contributed by atoms with van der Waals surface area (Å²) >= 11 is 0. The minimum Gasteiger partial charge on any atom is -0.466 e. The molecular formula is C11H20O2. The summed E-state index contributed by atoms with van der Waals surface area (Å²) in [6.07, 6.45) is 4.67. The lowest BCUT2D eigenvalue weighted by Gasteiger charge is -2.05. The van der Waals surface area contributed by atoms with E-state index in [2.05, 4.69) is 26.0 Å². The van der Waals surface area contributed by atoms with Crippen molar-refractivity contribution in [1.29, 1.82) is 0 Å². The lowest BCUT2D eigenvalue weighted by Crippen LogP contribution is -2.07. The molecule has 0 bridgehead atoms. The van der Waals surface area contributed by atoms with Gasteiger partial charge in [-0.25, -0.2) is 0 Å². The largest absolute Gasteiger partial charge is 0.466 e. The molecule has 1 atom stereocenters. The van der Waals surface area contributed by atoms with Crippen molar-refractivity contribution in [2.24, 2.45) is 11.8 Å². The maximum absolute atomic E-state index is 11.0. The van der Waals surface area contributed by atoms with Crippen molar-refractivity contribution in [3.8, 4) is 0 Å². The van der Waals surface area contributed by atoms with E-state index >= 15 is 0 Å². The fourth-order valence-electron chi connectivity index (χ4n) is 0.963. The second kappa shape index (κ2) is 6.70. The number of carbonyl (C=O) groups is 1. The molecule has 2 nitrogen and oxygen atoms in total. The fraction of sp³-hybridized carbons (Fsp3) is 0.727. The molecule has 0 saturated carbocycles. The van der Waals surface area contributed by atoms with Gasteiger partial charge in [0.2, 0.25) is 0 Å². The Morgan fingerprint density at radius 3 is 2.38 bits per heavy atom. The van der Waals surface area contributed by atoms with Crippen LogP contribution in [-0.4, -0.2) is 12.6 Å². The molecule has 0 heterocycles. The first kappa shape index (κ1) is 12.2. The maximum Gasteiger partial charge on any atom is 0.306 e. The van der Waals surface area contributed by atoms with Crippen molar-refractivity contribution in [3.05, 3.63) is 12.2 Å². The third-order valence-electron chi connectivity index (χ3n) is 1.62. The molecule has 0 unspecified atom stereocenters. The van der Waals surface area contributed by atoms with Crippen LogP contribution in [0.2, 0.25) is 0 Å². The molecule has 0 aromatic rings. The number of allylic oxidation sites excluding steroid dienone is 2. The molecule has 0 aliphatic rings. The Bertz CT molecular complexity index is 171. The smallest absolute Gasteiger partial charge is 0.306 e. The monoisotopic (exact) mass is 184 g/mol. The number of hydrogen-bond donors (Lipinski definition) is 0. The Labute approximate surface area is 81.0 Å². The van der Waals surface area contributed by atoms with Gasteiger partial charge in [0.25, 0.3) is 0 Å². The van der Waals surface area contributed by atoms with Gasteiger partial charge in [-0.2, -0.15) is 0 Å². The van der Waals surface area contributed by atoms with Crippen LogP contribution in [0.4, 0.5) is 0 Å². The summed E-state index contributed by atoms with van der Waals surface area (Å²) in [6.45, 7) is 8.56. The van der Waals surface area contributed by atoms with Crippen LogP contribution in [0.1, 0.15) is 34.1 Å². The van der Waals surface area contributed by atoms with E-state index in [1.165, 1.54) is 0 Å². The SMILES string of the molecule is CCOC(=O)C[C@@H](C)/C=C/C(C)C. The van der Waals surface area contributed by atoms with Crippen LogP contribution in [0.15, 0.2) is 12.2 Å². The summed E-state index contributed by atoms with van der Waals surface area (Å²) in [7, 11) is 0. The molecule has 2 heteroatoms. The Kier molecular flexibility index (Phi) is 6.29. The predicted molar refractivity (Wildman–Crippen MR) is 54.4 cm³/mol. The van der Waals surface area contributed by atoms with Gasteiger partial charge in [-0.15, -0.1) is 0 Å². The van der Waals surface area contributed by atoms with Crippen LogP contribution >= 0.6 is 0 Å². The van der Waals surface area contributed by atoms with E-state index in [1.54, 1.807) is 0 Å². The molecule has 0 aliphatic carbocycles. The van der Waals surface area contributed by atoms with E-state index in [-0.39, 0.29) is 11.9 Å². The van der Waals surface area contributed by atoms with Crippen LogP contribution in [0.25, 0.3) is 0 Å². The molecule has 0 spiro atoms. The summed E-state index contributed by atoms with van der Waals surface area (Å²) in [5.41, 5.74) is 0. The van der Waals surface area contributed by atoms with Crippen molar-refractivity contribution < 1.29 is 9.53 Å². The van der Waals surface area contributed by atoms with E-state index in [0.717, 1.165) is 0 Å². The molecule has 0 saturated heterocycles. The fourth-order valence-corrected chi connectivity index (χ4v) is 0.963. The number of carbonyl (C=O) groups excluding carboxylic acids is 1. The maximum atomic E-state index is 11.0. The standard InChI is InChI=1S/C11H20O2/c1-5-13-11(12)8-10(4)7-6-9(2)3/h6-7,9-10H,5,8H2,1-4H3/b7-6+/t10-/m0/s1. The summed E-state index contributed by atoms with van der Waals surface area (Å²) in [4.78, 5) is 11.0. The van der Waals surface area contributed by atoms with Gasteiger partial charge in [-0.1, -0.05) is 32.9 Å². The average molecular weight is 184 g/mol. The zero-order valence-corrected chi connectivity index (χ0v) is 9.04. The molecule has 0 N–H and O–H groups in total. The summed E-state index contributed by atoms with van der Waals surface area (Å²) in [5.74, 6) is 0.717. The first-order valence-corrected chi connectivity index (χ1v) is 4.90. The number of rotatable bonds is 5. The molecule has 0 aliphatic heterocycles. The van der Waals surface area contributed by atoms with Crippen LogP contribution in [0.3, 0.4) is 0 Å². The van der Waals surface area contributed by atoms with Crippen molar-refractivity contribution in [1.82, 2.24) is 0 Å². The van der Waals surface area contributed by atoms with Gasteiger partial charge in [-0.05, 0) is 18.8 Å². The zero-order chi connectivity index (χ0) is 10.3. The van der Waals surface area contributed by atoms with Crippen molar-refractivity contribution >= 4 is 5.97 Å². The van der Waals surface area contributed by atoms with Gasteiger partial charge in [0, 0.05) is 0 Å². The van der Waals surface area contributed by atoms with Gasteiger partial charge in [0.05, 0.1) is 13.0 Å². The summed E-state index contributed by atoms with van der Waals surface area (Å²) in [5, 5.41) is 0. The van der Waals surface area contributed by atoms with Crippen molar-refractivity contribution in [2.45, 2.75) is 34.1 Å². The normalized spacial score (nSPS) is 13.6. The Morgan fingerprint density at radius 1 is 1.31 bits per heavy atom. The highest BCUT2D eigenvalue weighted by molar-refractivity contribution is 5.69. The minimum atomic E-state index is -0.108. The van der Waals surface area contributed by atoms with E-state index < -0.39 is 0 Å². The van der Waals surface area contributed by atoms with Crippen LogP contribution in [0, 0.1) is 11.8 Å². The Morgan fingerprint density at radius 2 is 1.92 bits per heavy atom. The number of ether oxygens (including phenoxy) is 1. The molecule has 0 fully saturated rings. The topological polar surface area (TPSA) is 26.3 Å². The molecular weight excluding hydrogens is 164 g/mol. The zero-order valence-electron chi connectivity index (χ0n) is 9.04. The van der Waals surface area contributed by atoms with Crippen LogP contribution in [-0.2, 0) is 9.53 Å². The molecule has 76 valence electrons. The second-order valence-corrected chi connectivity index (χ2v) is 3.62. The van der Waals surface area contributed by atoms with Crippen LogP contribution < -0.4 is 0 Å². The first-order chi connectivity index (χ1) is 6.06. The molecule has 0 radical (unpaired) electrons. The van der Waals surface area contributed by atoms with Gasteiger partial charge >= 0.3 is 5.97 Å². The summed E-state index contributed by atoms with van der Waals surface area (Å²) in [6, 6.07) is 0. The van der Waals surface area contributed by atoms with E-state index in [0.29, 0.717) is 18.9 Å². The highest BCUT2D eigenvalue weighted by atomic mass is 16.5. The van der Waals surface area contributed by atoms with Gasteiger partial charge in [0.1, 0.15) is 0 Å². The molecule has 0 aromatic carbocycles. The highest BCUT2D eigenvalue weighted by Gasteiger charge is 2.06. The summed E-state index contributed by atoms with van der Waals surface area (Å²) < 4.78 is 4.85. The Hall–Kier alpha value is -0.790.